The van der Waals surface area contributed by atoms with Crippen LogP contribution in [-0.4, -0.2) is 28.9 Å². The molecule has 0 spiro atoms. The van der Waals surface area contributed by atoms with Crippen LogP contribution in [0.2, 0.25) is 5.02 Å². The van der Waals surface area contributed by atoms with Crippen LogP contribution in [0.3, 0.4) is 0 Å². The van der Waals surface area contributed by atoms with Crippen LogP contribution in [0.5, 0.6) is 0 Å². The summed E-state index contributed by atoms with van der Waals surface area (Å²) in [6, 6.07) is 8.02. The first-order valence-corrected chi connectivity index (χ1v) is 6.87. The van der Waals surface area contributed by atoms with Crippen molar-refractivity contribution in [2.24, 2.45) is 0 Å². The molecule has 20 heavy (non-hydrogen) atoms. The lowest BCUT2D eigenvalue weighted by Gasteiger charge is -2.31. The summed E-state index contributed by atoms with van der Waals surface area (Å²) in [7, 11) is 0. The topological polar surface area (TPSA) is 71.2 Å². The summed E-state index contributed by atoms with van der Waals surface area (Å²) >= 11 is 5.95. The van der Waals surface area contributed by atoms with Crippen molar-refractivity contribution in [2.45, 2.75) is 31.3 Å². The highest BCUT2D eigenvalue weighted by molar-refractivity contribution is 6.31. The molecule has 1 aromatic rings. The zero-order valence-electron chi connectivity index (χ0n) is 10.7. The number of amides is 2. The maximum absolute atomic E-state index is 12.5. The van der Waals surface area contributed by atoms with E-state index in [9.17, 15) is 10.1 Å². The largest absolute Gasteiger partial charge is 0.331 e. The first kappa shape index (κ1) is 12.9. The standard InChI is InChI=1S/C14H13ClN4O/c15-9-3-1-4-10(7-9)19-13(17)12-6-2-5-11(8-16)18(12)14(19)20/h1,3-4,7,11-12,17H,2,5-6H2. The lowest BCUT2D eigenvalue weighted by atomic mass is 9.97. The number of carbonyl (C=O) groups is 1. The van der Waals surface area contributed by atoms with Gasteiger partial charge in [0.25, 0.3) is 0 Å². The van der Waals surface area contributed by atoms with Gasteiger partial charge in [0.15, 0.2) is 0 Å². The number of fused-ring (bicyclic) bond motifs is 1. The molecule has 0 aliphatic carbocycles. The lowest BCUT2D eigenvalue weighted by Crippen LogP contribution is -2.45. The van der Waals surface area contributed by atoms with E-state index in [1.807, 2.05) is 0 Å². The quantitative estimate of drug-likeness (QED) is 0.863. The third-order valence-corrected chi connectivity index (χ3v) is 4.05. The summed E-state index contributed by atoms with van der Waals surface area (Å²) in [5.74, 6) is 0.234. The number of nitriles is 1. The number of halogens is 1. The van der Waals surface area contributed by atoms with Crippen molar-refractivity contribution in [3.63, 3.8) is 0 Å². The third-order valence-electron chi connectivity index (χ3n) is 3.81. The molecule has 2 amide bonds. The molecule has 2 fully saturated rings. The number of nitrogens with one attached hydrogen (secondary N) is 1. The van der Waals surface area contributed by atoms with E-state index in [4.69, 9.17) is 17.0 Å². The zero-order valence-corrected chi connectivity index (χ0v) is 11.5. The fraction of sp³-hybridized carbons (Fsp3) is 0.357. The molecule has 2 aliphatic heterocycles. The Morgan fingerprint density at radius 3 is 2.90 bits per heavy atom. The highest BCUT2D eigenvalue weighted by atomic mass is 35.5. The van der Waals surface area contributed by atoms with Crippen molar-refractivity contribution in [3.05, 3.63) is 29.3 Å². The number of rotatable bonds is 1. The predicted octanol–water partition coefficient (Wildman–Crippen LogP) is 3.00. The first-order valence-electron chi connectivity index (χ1n) is 6.49. The fourth-order valence-electron chi connectivity index (χ4n) is 2.89. The van der Waals surface area contributed by atoms with E-state index in [1.54, 1.807) is 24.3 Å². The molecule has 5 nitrogen and oxygen atoms in total. The van der Waals surface area contributed by atoms with E-state index in [2.05, 4.69) is 6.07 Å². The maximum atomic E-state index is 12.5. The van der Waals surface area contributed by atoms with E-state index in [0.29, 0.717) is 17.1 Å². The molecule has 2 atom stereocenters. The number of nitrogens with zero attached hydrogens (tertiary/aromatic N) is 3. The molecule has 2 aliphatic rings. The van der Waals surface area contributed by atoms with Gasteiger partial charge in [-0.05, 0) is 37.5 Å². The van der Waals surface area contributed by atoms with Crippen LogP contribution in [0.1, 0.15) is 19.3 Å². The summed E-state index contributed by atoms with van der Waals surface area (Å²) < 4.78 is 0. The van der Waals surface area contributed by atoms with Gasteiger partial charge in [-0.15, -0.1) is 0 Å². The van der Waals surface area contributed by atoms with Crippen LogP contribution in [0.15, 0.2) is 24.3 Å². The van der Waals surface area contributed by atoms with Gasteiger partial charge in [0.2, 0.25) is 0 Å². The molecule has 2 unspecified atom stereocenters. The highest BCUT2D eigenvalue weighted by Crippen LogP contribution is 2.34. The smallest absolute Gasteiger partial charge is 0.298 e. The normalized spacial score (nSPS) is 25.6. The van der Waals surface area contributed by atoms with E-state index in [-0.39, 0.29) is 17.9 Å². The van der Waals surface area contributed by atoms with Crippen molar-refractivity contribution in [1.29, 1.82) is 10.7 Å². The zero-order chi connectivity index (χ0) is 14.3. The highest BCUT2D eigenvalue weighted by Gasteiger charge is 2.48. The number of amidine groups is 1. The Kier molecular flexibility index (Phi) is 3.11. The fourth-order valence-corrected chi connectivity index (χ4v) is 3.08. The van der Waals surface area contributed by atoms with Crippen molar-refractivity contribution < 1.29 is 4.79 Å². The SMILES string of the molecule is N#CC1CCCC2C(=N)N(c3cccc(Cl)c3)C(=O)N12. The van der Waals surface area contributed by atoms with Gasteiger partial charge in [-0.25, -0.2) is 9.69 Å². The molecule has 0 bridgehead atoms. The monoisotopic (exact) mass is 288 g/mol. The van der Waals surface area contributed by atoms with Crippen LogP contribution in [0.25, 0.3) is 0 Å². The summed E-state index contributed by atoms with van der Waals surface area (Å²) in [5.41, 5.74) is 0.582. The molecule has 1 N–H and O–H groups in total. The number of anilines is 1. The van der Waals surface area contributed by atoms with Gasteiger partial charge < -0.3 is 0 Å². The van der Waals surface area contributed by atoms with Crippen LogP contribution in [0.4, 0.5) is 10.5 Å². The van der Waals surface area contributed by atoms with Gasteiger partial charge in [-0.1, -0.05) is 17.7 Å². The number of hydrogen-bond donors (Lipinski definition) is 1. The summed E-state index contributed by atoms with van der Waals surface area (Å²) in [4.78, 5) is 15.4. The van der Waals surface area contributed by atoms with Crippen molar-refractivity contribution in [2.75, 3.05) is 4.90 Å². The van der Waals surface area contributed by atoms with E-state index < -0.39 is 6.04 Å². The van der Waals surface area contributed by atoms with Gasteiger partial charge in [0.05, 0.1) is 17.8 Å². The number of piperidine rings is 1. The van der Waals surface area contributed by atoms with Gasteiger partial charge in [-0.2, -0.15) is 5.26 Å². The number of benzene rings is 1. The Morgan fingerprint density at radius 2 is 2.20 bits per heavy atom. The summed E-state index contributed by atoms with van der Waals surface area (Å²) in [6.45, 7) is 0. The van der Waals surface area contributed by atoms with Crippen molar-refractivity contribution >= 4 is 29.2 Å². The average Bonchev–Trinajstić information content (AvgIpc) is 2.71. The Morgan fingerprint density at radius 1 is 1.40 bits per heavy atom. The van der Waals surface area contributed by atoms with Crippen LogP contribution in [0, 0.1) is 16.7 Å². The van der Waals surface area contributed by atoms with E-state index in [1.165, 1.54) is 9.80 Å². The number of hydrogen-bond acceptors (Lipinski definition) is 3. The van der Waals surface area contributed by atoms with E-state index in [0.717, 1.165) is 12.8 Å². The molecule has 3 rings (SSSR count). The summed E-state index contributed by atoms with van der Waals surface area (Å²) in [6.07, 6.45) is 2.27. The Hall–Kier alpha value is -2.06. The molecule has 2 heterocycles. The molecular formula is C14H13ClN4O. The second kappa shape index (κ2) is 4.80. The molecular weight excluding hydrogens is 276 g/mol. The molecule has 6 heteroatoms. The van der Waals surface area contributed by atoms with Crippen LogP contribution >= 0.6 is 11.6 Å². The van der Waals surface area contributed by atoms with Crippen molar-refractivity contribution in [1.82, 2.24) is 4.90 Å². The minimum absolute atomic E-state index is 0.234. The lowest BCUT2D eigenvalue weighted by molar-refractivity contribution is 0.173. The number of urea groups is 1. The summed E-state index contributed by atoms with van der Waals surface area (Å²) in [5, 5.41) is 18.0. The predicted molar refractivity (Wildman–Crippen MR) is 75.9 cm³/mol. The second-order valence-electron chi connectivity index (χ2n) is 4.98. The molecule has 2 saturated heterocycles. The van der Waals surface area contributed by atoms with Gasteiger partial charge in [0.1, 0.15) is 11.9 Å². The molecule has 102 valence electrons. The minimum Gasteiger partial charge on any atom is -0.298 e. The number of carbonyl (C=O) groups excluding carboxylic acids is 1. The maximum Gasteiger partial charge on any atom is 0.331 e. The van der Waals surface area contributed by atoms with Crippen LogP contribution in [-0.2, 0) is 0 Å². The van der Waals surface area contributed by atoms with Gasteiger partial charge >= 0.3 is 6.03 Å². The van der Waals surface area contributed by atoms with E-state index >= 15 is 0 Å². The van der Waals surface area contributed by atoms with Gasteiger partial charge in [-0.3, -0.25) is 10.3 Å². The van der Waals surface area contributed by atoms with Crippen LogP contribution < -0.4 is 4.90 Å². The molecule has 0 radical (unpaired) electrons. The Labute approximate surface area is 121 Å². The Bertz CT molecular complexity index is 624. The minimum atomic E-state index is -0.439. The molecule has 1 aromatic carbocycles. The van der Waals surface area contributed by atoms with Crippen molar-refractivity contribution in [3.8, 4) is 6.07 Å². The molecule has 0 aromatic heterocycles. The first-order chi connectivity index (χ1) is 9.63. The third kappa shape index (κ3) is 1.84. The average molecular weight is 289 g/mol. The molecule has 0 saturated carbocycles. The van der Waals surface area contributed by atoms with Gasteiger partial charge in [0, 0.05) is 5.02 Å². The Balaban J connectivity index is 2.00. The second-order valence-corrected chi connectivity index (χ2v) is 5.42.